The molecule has 9 nitrogen and oxygen atoms in total. The highest BCUT2D eigenvalue weighted by atomic mass is 19.4. The molecule has 3 atom stereocenters. The van der Waals surface area contributed by atoms with E-state index in [-0.39, 0.29) is 17.9 Å². The Hall–Kier alpha value is -3.80. The second-order valence-corrected chi connectivity index (χ2v) is 8.72. The molecule has 0 amide bonds. The fourth-order valence-electron chi connectivity index (χ4n) is 4.44. The van der Waals surface area contributed by atoms with Crippen molar-refractivity contribution in [2.24, 2.45) is 0 Å². The molecule has 0 aromatic carbocycles. The lowest BCUT2D eigenvalue weighted by Crippen LogP contribution is -2.28. The molecule has 0 radical (unpaired) electrons. The molecular weight excluding hydrogens is 475 g/mol. The van der Waals surface area contributed by atoms with Gasteiger partial charge in [-0.05, 0) is 37.5 Å². The number of ether oxygens (including phenoxy) is 1. The zero-order chi connectivity index (χ0) is 25.1. The molecule has 4 aromatic rings. The molecule has 0 spiro atoms. The maximum Gasteiger partial charge on any atom is 0.423 e. The van der Waals surface area contributed by atoms with E-state index in [4.69, 9.17) is 4.74 Å². The second kappa shape index (κ2) is 10.1. The van der Waals surface area contributed by atoms with Gasteiger partial charge in [-0.1, -0.05) is 18.6 Å². The quantitative estimate of drug-likeness (QED) is 0.390. The van der Waals surface area contributed by atoms with Crippen molar-refractivity contribution in [3.8, 4) is 5.88 Å². The molecule has 1 fully saturated rings. The Labute approximate surface area is 204 Å². The van der Waals surface area contributed by atoms with Gasteiger partial charge in [0.2, 0.25) is 11.8 Å². The summed E-state index contributed by atoms with van der Waals surface area (Å²) in [5.41, 5.74) is 0.0829. The van der Waals surface area contributed by atoms with Crippen LogP contribution in [0, 0.1) is 0 Å². The highest BCUT2D eigenvalue weighted by molar-refractivity contribution is 5.38. The lowest BCUT2D eigenvalue weighted by Gasteiger charge is -2.29. The SMILES string of the molecule is OC(COc1nc(N[C@@H]2CCC[C@H](c3nnc4ccccn34)C2)ncc1C(F)(F)F)c1cccnc1. The van der Waals surface area contributed by atoms with Gasteiger partial charge < -0.3 is 15.2 Å². The van der Waals surface area contributed by atoms with Crippen LogP contribution in [0.15, 0.2) is 55.1 Å². The number of anilines is 1. The molecule has 0 aliphatic heterocycles. The molecule has 5 rings (SSSR count). The minimum absolute atomic E-state index is 0.0330. The summed E-state index contributed by atoms with van der Waals surface area (Å²) in [5, 5.41) is 22.0. The van der Waals surface area contributed by atoms with E-state index in [0.29, 0.717) is 18.2 Å². The molecule has 4 aromatic heterocycles. The van der Waals surface area contributed by atoms with E-state index in [9.17, 15) is 18.3 Å². The zero-order valence-electron chi connectivity index (χ0n) is 19.1. The molecular formula is C24H24F3N7O2. The Morgan fingerprint density at radius 2 is 2.03 bits per heavy atom. The van der Waals surface area contributed by atoms with Gasteiger partial charge in [-0.3, -0.25) is 9.38 Å². The first-order chi connectivity index (χ1) is 17.4. The summed E-state index contributed by atoms with van der Waals surface area (Å²) in [6.07, 6.45) is 3.06. The van der Waals surface area contributed by atoms with Crippen molar-refractivity contribution in [2.75, 3.05) is 11.9 Å². The number of aliphatic hydroxyl groups excluding tert-OH is 1. The van der Waals surface area contributed by atoms with Crippen molar-refractivity contribution < 1.29 is 23.0 Å². The maximum absolute atomic E-state index is 13.6. The molecule has 12 heteroatoms. The van der Waals surface area contributed by atoms with Gasteiger partial charge >= 0.3 is 6.18 Å². The van der Waals surface area contributed by atoms with Crippen LogP contribution in [0.3, 0.4) is 0 Å². The van der Waals surface area contributed by atoms with E-state index >= 15 is 0 Å². The van der Waals surface area contributed by atoms with Crippen LogP contribution in [0.2, 0.25) is 0 Å². The molecule has 0 saturated heterocycles. The molecule has 188 valence electrons. The summed E-state index contributed by atoms with van der Waals surface area (Å²) >= 11 is 0. The van der Waals surface area contributed by atoms with Gasteiger partial charge in [-0.2, -0.15) is 18.2 Å². The van der Waals surface area contributed by atoms with Gasteiger partial charge in [-0.25, -0.2) is 4.98 Å². The average molecular weight is 499 g/mol. The Balaban J connectivity index is 1.31. The summed E-state index contributed by atoms with van der Waals surface area (Å²) in [6.45, 7) is -0.420. The third kappa shape index (κ3) is 5.23. The summed E-state index contributed by atoms with van der Waals surface area (Å²) in [6, 6.07) is 8.86. The number of aliphatic hydroxyl groups is 1. The molecule has 1 unspecified atom stereocenters. The van der Waals surface area contributed by atoms with Crippen molar-refractivity contribution >= 4 is 11.6 Å². The third-order valence-electron chi connectivity index (χ3n) is 6.22. The third-order valence-corrected chi connectivity index (χ3v) is 6.22. The van der Waals surface area contributed by atoms with Gasteiger partial charge in [0.05, 0.1) is 0 Å². The van der Waals surface area contributed by atoms with Gasteiger partial charge in [0.1, 0.15) is 24.1 Å². The van der Waals surface area contributed by atoms with Crippen LogP contribution in [-0.2, 0) is 6.18 Å². The number of aromatic nitrogens is 6. The largest absolute Gasteiger partial charge is 0.474 e. The Morgan fingerprint density at radius 3 is 2.83 bits per heavy atom. The molecule has 0 bridgehead atoms. The number of alkyl halides is 3. The van der Waals surface area contributed by atoms with Gasteiger partial charge in [0, 0.05) is 42.3 Å². The first kappa shape index (κ1) is 23.9. The van der Waals surface area contributed by atoms with Crippen molar-refractivity contribution in [1.82, 2.24) is 29.5 Å². The van der Waals surface area contributed by atoms with Crippen LogP contribution < -0.4 is 10.1 Å². The van der Waals surface area contributed by atoms with E-state index in [1.165, 1.54) is 12.4 Å². The summed E-state index contributed by atoms with van der Waals surface area (Å²) in [5.74, 6) is 0.386. The Kier molecular flexibility index (Phi) is 6.68. The van der Waals surface area contributed by atoms with Crippen molar-refractivity contribution in [3.63, 3.8) is 0 Å². The van der Waals surface area contributed by atoms with Crippen LogP contribution in [0.5, 0.6) is 5.88 Å². The fraction of sp³-hybridized carbons (Fsp3) is 0.375. The van der Waals surface area contributed by atoms with E-state index < -0.39 is 30.3 Å². The lowest BCUT2D eigenvalue weighted by molar-refractivity contribution is -0.139. The van der Waals surface area contributed by atoms with Crippen LogP contribution in [-0.4, -0.2) is 47.3 Å². The number of fused-ring (bicyclic) bond motifs is 1. The number of rotatable bonds is 7. The molecule has 2 N–H and O–H groups in total. The van der Waals surface area contributed by atoms with Crippen LogP contribution in [0.1, 0.15) is 54.7 Å². The number of hydrogen-bond donors (Lipinski definition) is 2. The van der Waals surface area contributed by atoms with Crippen LogP contribution in [0.4, 0.5) is 19.1 Å². The van der Waals surface area contributed by atoms with Crippen molar-refractivity contribution in [3.05, 3.63) is 72.1 Å². The van der Waals surface area contributed by atoms with Crippen LogP contribution >= 0.6 is 0 Å². The minimum Gasteiger partial charge on any atom is -0.474 e. The van der Waals surface area contributed by atoms with Crippen molar-refractivity contribution in [1.29, 1.82) is 0 Å². The fourth-order valence-corrected chi connectivity index (χ4v) is 4.44. The Bertz CT molecular complexity index is 1320. The number of nitrogens with zero attached hydrogens (tertiary/aromatic N) is 6. The number of pyridine rings is 2. The average Bonchev–Trinajstić information content (AvgIpc) is 3.32. The second-order valence-electron chi connectivity index (χ2n) is 8.72. The highest BCUT2D eigenvalue weighted by Gasteiger charge is 2.37. The van der Waals surface area contributed by atoms with Crippen molar-refractivity contribution in [2.45, 2.75) is 49.9 Å². The van der Waals surface area contributed by atoms with E-state index in [2.05, 4.69) is 30.5 Å². The van der Waals surface area contributed by atoms with E-state index in [1.54, 1.807) is 12.1 Å². The smallest absolute Gasteiger partial charge is 0.423 e. The van der Waals surface area contributed by atoms with Gasteiger partial charge in [0.25, 0.3) is 0 Å². The summed E-state index contributed by atoms with van der Waals surface area (Å²) in [7, 11) is 0. The number of halogens is 3. The zero-order valence-corrected chi connectivity index (χ0v) is 19.1. The van der Waals surface area contributed by atoms with Gasteiger partial charge in [0.15, 0.2) is 5.65 Å². The summed E-state index contributed by atoms with van der Waals surface area (Å²) in [4.78, 5) is 11.8. The number of nitrogens with one attached hydrogen (secondary N) is 1. The summed E-state index contributed by atoms with van der Waals surface area (Å²) < 4.78 is 47.9. The Morgan fingerprint density at radius 1 is 1.14 bits per heavy atom. The maximum atomic E-state index is 13.6. The predicted octanol–water partition coefficient (Wildman–Crippen LogP) is 4.18. The van der Waals surface area contributed by atoms with E-state index in [0.717, 1.165) is 30.7 Å². The molecule has 1 aliphatic carbocycles. The molecule has 1 saturated carbocycles. The van der Waals surface area contributed by atoms with Gasteiger partial charge in [-0.15, -0.1) is 10.2 Å². The monoisotopic (exact) mass is 499 g/mol. The van der Waals surface area contributed by atoms with E-state index in [1.807, 2.05) is 28.8 Å². The first-order valence-electron chi connectivity index (χ1n) is 11.6. The lowest BCUT2D eigenvalue weighted by atomic mass is 9.85. The topological polar surface area (TPSA) is 110 Å². The molecule has 4 heterocycles. The molecule has 36 heavy (non-hydrogen) atoms. The molecule has 1 aliphatic rings. The predicted molar refractivity (Wildman–Crippen MR) is 123 cm³/mol. The normalized spacial score (nSPS) is 19.2. The standard InChI is InChI=1S/C24H24F3N7O2/c25-24(26,27)18-13-29-23(31-22(18)36-14-19(35)16-6-4-9-28-12-16)30-17-7-3-5-15(11-17)21-33-32-20-8-1-2-10-34(20)21/h1-2,4,6,8-10,12-13,15,17,19,35H,3,5,7,11,14H2,(H,29,30,31)/t15-,17+,19?/m0/s1. The minimum atomic E-state index is -4.71. The number of hydrogen-bond acceptors (Lipinski definition) is 8. The highest BCUT2D eigenvalue weighted by Crippen LogP contribution is 2.37. The van der Waals surface area contributed by atoms with Crippen LogP contribution in [0.25, 0.3) is 5.65 Å². The first-order valence-corrected chi connectivity index (χ1v) is 11.6.